The Morgan fingerprint density at radius 2 is 1.71 bits per heavy atom. The molecule has 1 heterocycles. The van der Waals surface area contributed by atoms with Crippen LogP contribution >= 0.6 is 0 Å². The summed E-state index contributed by atoms with van der Waals surface area (Å²) >= 11 is 0. The zero-order valence-corrected chi connectivity index (χ0v) is 14.0. The van der Waals surface area contributed by atoms with E-state index >= 15 is 0 Å². The molecule has 1 unspecified atom stereocenters. The second-order valence-corrected chi connectivity index (χ2v) is 6.10. The molecule has 3 rings (SSSR count). The number of benzene rings is 2. The Bertz CT molecular complexity index is 778. The Morgan fingerprint density at radius 3 is 2.33 bits per heavy atom. The van der Waals surface area contributed by atoms with Crippen molar-refractivity contribution in [3.63, 3.8) is 0 Å². The molecule has 0 bridgehead atoms. The number of nitrogens with zero attached hydrogens (tertiary/aromatic N) is 1. The van der Waals surface area contributed by atoms with Crippen LogP contribution in [0.1, 0.15) is 37.8 Å². The maximum Gasteiger partial charge on any atom is 0.340 e. The van der Waals surface area contributed by atoms with E-state index in [4.69, 9.17) is 4.74 Å². The molecule has 0 amide bonds. The molecule has 0 saturated heterocycles. The summed E-state index contributed by atoms with van der Waals surface area (Å²) in [5.74, 6) is 0.121. The predicted octanol–water partition coefficient (Wildman–Crippen LogP) is 4.63. The summed E-state index contributed by atoms with van der Waals surface area (Å²) in [5.41, 5.74) is 2.37. The fraction of sp³-hybridized carbons (Fsp3) is 0.238. The van der Waals surface area contributed by atoms with Gasteiger partial charge >= 0.3 is 5.97 Å². The number of carbonyl (C=O) groups excluding carboxylic acids is 1. The van der Waals surface area contributed by atoms with Gasteiger partial charge in [-0.25, -0.2) is 9.79 Å². The van der Waals surface area contributed by atoms with Crippen LogP contribution in [0.15, 0.2) is 71.7 Å². The molecule has 3 nitrogen and oxygen atoms in total. The highest BCUT2D eigenvalue weighted by Crippen LogP contribution is 2.29. The van der Waals surface area contributed by atoms with Crippen LogP contribution in [0.4, 0.5) is 0 Å². The lowest BCUT2D eigenvalue weighted by Gasteiger charge is -2.14. The van der Waals surface area contributed by atoms with Crippen molar-refractivity contribution in [1.82, 2.24) is 0 Å². The molecule has 2 aromatic carbocycles. The van der Waals surface area contributed by atoms with Crippen LogP contribution in [0.5, 0.6) is 0 Å². The van der Waals surface area contributed by atoms with E-state index in [0.29, 0.717) is 12.3 Å². The summed E-state index contributed by atoms with van der Waals surface area (Å²) in [4.78, 5) is 16.9. The normalized spacial score (nSPS) is 20.7. The van der Waals surface area contributed by atoms with Gasteiger partial charge in [-0.3, -0.25) is 0 Å². The molecule has 1 aliphatic heterocycles. The minimum atomic E-state index is -0.861. The lowest BCUT2D eigenvalue weighted by Crippen LogP contribution is -2.29. The lowest BCUT2D eigenvalue weighted by molar-refractivity contribution is -0.138. The SMILES string of the molecule is CC/C(=C\CC1(C)N=C(c2ccccc2)OC1=O)c1ccccc1. The topological polar surface area (TPSA) is 38.7 Å². The van der Waals surface area contributed by atoms with Crippen LogP contribution in [0.25, 0.3) is 5.57 Å². The first-order valence-electron chi connectivity index (χ1n) is 8.24. The summed E-state index contributed by atoms with van der Waals surface area (Å²) in [6, 6.07) is 19.8. The van der Waals surface area contributed by atoms with Crippen molar-refractivity contribution in [3.05, 3.63) is 77.9 Å². The van der Waals surface area contributed by atoms with E-state index in [9.17, 15) is 4.79 Å². The zero-order chi connectivity index (χ0) is 17.0. The Labute approximate surface area is 142 Å². The van der Waals surface area contributed by atoms with Crippen molar-refractivity contribution in [2.24, 2.45) is 4.99 Å². The molecule has 122 valence electrons. The summed E-state index contributed by atoms with van der Waals surface area (Å²) in [7, 11) is 0. The van der Waals surface area contributed by atoms with Crippen molar-refractivity contribution < 1.29 is 9.53 Å². The van der Waals surface area contributed by atoms with Crippen molar-refractivity contribution in [2.45, 2.75) is 32.2 Å². The van der Waals surface area contributed by atoms with Gasteiger partial charge in [0.2, 0.25) is 5.90 Å². The maximum absolute atomic E-state index is 12.4. The first-order valence-corrected chi connectivity index (χ1v) is 8.24. The summed E-state index contributed by atoms with van der Waals surface area (Å²) in [5, 5.41) is 0. The van der Waals surface area contributed by atoms with E-state index in [1.165, 1.54) is 11.1 Å². The predicted molar refractivity (Wildman–Crippen MR) is 96.8 cm³/mol. The fourth-order valence-corrected chi connectivity index (χ4v) is 2.76. The van der Waals surface area contributed by atoms with Crippen molar-refractivity contribution >= 4 is 17.4 Å². The number of allylic oxidation sites excluding steroid dienone is 1. The highest BCUT2D eigenvalue weighted by Gasteiger charge is 2.41. The van der Waals surface area contributed by atoms with Gasteiger partial charge < -0.3 is 4.74 Å². The van der Waals surface area contributed by atoms with Gasteiger partial charge in [-0.05, 0) is 36.6 Å². The largest absolute Gasteiger partial charge is 0.405 e. The first-order chi connectivity index (χ1) is 11.6. The molecule has 2 aromatic rings. The standard InChI is InChI=1S/C21H21NO2/c1-3-16(17-10-6-4-7-11-17)14-15-21(2)20(23)24-19(22-21)18-12-8-5-9-13-18/h4-14H,3,15H2,1-2H3/b16-14+. The van der Waals surface area contributed by atoms with Crippen LogP contribution in [-0.2, 0) is 9.53 Å². The van der Waals surface area contributed by atoms with Crippen molar-refractivity contribution in [2.75, 3.05) is 0 Å². The smallest absolute Gasteiger partial charge is 0.340 e. The minimum absolute atomic E-state index is 0.291. The molecule has 0 aliphatic carbocycles. The highest BCUT2D eigenvalue weighted by molar-refractivity contribution is 6.07. The number of aliphatic imine (C=N–C) groups is 1. The van der Waals surface area contributed by atoms with Gasteiger partial charge in [0.05, 0.1) is 0 Å². The van der Waals surface area contributed by atoms with Gasteiger partial charge in [-0.1, -0.05) is 61.5 Å². The minimum Gasteiger partial charge on any atom is -0.405 e. The van der Waals surface area contributed by atoms with Gasteiger partial charge in [-0.15, -0.1) is 0 Å². The third-order valence-electron chi connectivity index (χ3n) is 4.27. The molecule has 0 saturated carbocycles. The fourth-order valence-electron chi connectivity index (χ4n) is 2.76. The van der Waals surface area contributed by atoms with Gasteiger partial charge in [0.15, 0.2) is 5.54 Å². The number of hydrogen-bond donors (Lipinski definition) is 0. The average molecular weight is 319 g/mol. The lowest BCUT2D eigenvalue weighted by atomic mass is 9.94. The molecule has 0 radical (unpaired) electrons. The third kappa shape index (κ3) is 3.30. The molecule has 1 aliphatic rings. The molecule has 3 heteroatoms. The molecule has 0 aromatic heterocycles. The Hall–Kier alpha value is -2.68. The van der Waals surface area contributed by atoms with Gasteiger partial charge in [0.25, 0.3) is 0 Å². The molecule has 24 heavy (non-hydrogen) atoms. The molecule has 0 spiro atoms. The van der Waals surface area contributed by atoms with Gasteiger partial charge in [0.1, 0.15) is 0 Å². The maximum atomic E-state index is 12.4. The number of ether oxygens (including phenoxy) is 1. The van der Waals surface area contributed by atoms with Crippen LogP contribution in [0.3, 0.4) is 0 Å². The van der Waals surface area contributed by atoms with E-state index in [0.717, 1.165) is 12.0 Å². The van der Waals surface area contributed by atoms with Gasteiger partial charge in [0, 0.05) is 12.0 Å². The zero-order valence-electron chi connectivity index (χ0n) is 14.0. The van der Waals surface area contributed by atoms with Gasteiger partial charge in [-0.2, -0.15) is 0 Å². The molecule has 0 fully saturated rings. The second kappa shape index (κ2) is 6.83. The van der Waals surface area contributed by atoms with E-state index < -0.39 is 5.54 Å². The Morgan fingerprint density at radius 1 is 1.08 bits per heavy atom. The quantitative estimate of drug-likeness (QED) is 0.754. The summed E-state index contributed by atoms with van der Waals surface area (Å²) in [6.45, 7) is 3.95. The van der Waals surface area contributed by atoms with Crippen LogP contribution in [0, 0.1) is 0 Å². The van der Waals surface area contributed by atoms with Crippen LogP contribution in [0.2, 0.25) is 0 Å². The summed E-state index contributed by atoms with van der Waals surface area (Å²) in [6.07, 6.45) is 3.54. The highest BCUT2D eigenvalue weighted by atomic mass is 16.6. The number of rotatable bonds is 5. The van der Waals surface area contributed by atoms with E-state index in [-0.39, 0.29) is 5.97 Å². The number of cyclic esters (lactones) is 1. The average Bonchev–Trinajstić information content (AvgIpc) is 2.93. The van der Waals surface area contributed by atoms with E-state index in [2.05, 4.69) is 30.1 Å². The second-order valence-electron chi connectivity index (χ2n) is 6.10. The molecule has 0 N–H and O–H groups in total. The van der Waals surface area contributed by atoms with E-state index in [1.54, 1.807) is 0 Å². The first kappa shape index (κ1) is 16.2. The molecular formula is C21H21NO2. The monoisotopic (exact) mass is 319 g/mol. The Balaban J connectivity index is 1.84. The number of esters is 1. The van der Waals surface area contributed by atoms with Crippen LogP contribution < -0.4 is 0 Å². The summed E-state index contributed by atoms with van der Waals surface area (Å²) < 4.78 is 5.42. The Kier molecular flexibility index (Phi) is 4.61. The number of hydrogen-bond acceptors (Lipinski definition) is 3. The third-order valence-corrected chi connectivity index (χ3v) is 4.27. The van der Waals surface area contributed by atoms with Crippen molar-refractivity contribution in [3.8, 4) is 0 Å². The number of carbonyl (C=O) groups is 1. The van der Waals surface area contributed by atoms with Crippen molar-refractivity contribution in [1.29, 1.82) is 0 Å². The van der Waals surface area contributed by atoms with E-state index in [1.807, 2.05) is 55.5 Å². The van der Waals surface area contributed by atoms with Crippen LogP contribution in [-0.4, -0.2) is 17.4 Å². The molecule has 1 atom stereocenters. The molecular weight excluding hydrogens is 298 g/mol.